The van der Waals surface area contributed by atoms with E-state index in [9.17, 15) is 19.2 Å². The van der Waals surface area contributed by atoms with Crippen molar-refractivity contribution in [2.24, 2.45) is 23.7 Å². The predicted octanol–water partition coefficient (Wildman–Crippen LogP) is 2.96. The highest BCUT2D eigenvalue weighted by Crippen LogP contribution is 2.55. The summed E-state index contributed by atoms with van der Waals surface area (Å²) in [5.74, 6) is 2.18. The van der Waals surface area contributed by atoms with E-state index in [4.69, 9.17) is 5.73 Å². The highest BCUT2D eigenvalue weighted by atomic mass is 16.2. The minimum absolute atomic E-state index is 0.00632. The van der Waals surface area contributed by atoms with Gasteiger partial charge in [0.05, 0.1) is 0 Å². The average molecular weight is 517 g/mol. The number of hydrogen-bond donors (Lipinski definition) is 4. The lowest BCUT2D eigenvalue weighted by Crippen LogP contribution is -2.61. The molecule has 0 aliphatic heterocycles. The predicted molar refractivity (Wildman–Crippen MR) is 145 cm³/mol. The Hall–Kier alpha value is -2.78. The third kappa shape index (κ3) is 6.21. The second kappa shape index (κ2) is 11.3. The molecule has 4 fully saturated rings. The lowest BCUT2D eigenvalue weighted by Gasteiger charge is -2.56. The number of aromatic nitrogens is 2. The van der Waals surface area contributed by atoms with E-state index in [1.807, 2.05) is 20.8 Å². The molecule has 0 spiro atoms. The molecule has 5 rings (SSSR count). The molecule has 10 heteroatoms. The number of nitrogens with zero attached hydrogens (tertiary/aromatic N) is 2. The molecule has 1 heterocycles. The summed E-state index contributed by atoms with van der Waals surface area (Å²) in [7, 11) is 0. The molecule has 3 amide bonds. The number of nitrogen functional groups attached to an aromatic ring is 1. The van der Waals surface area contributed by atoms with Crippen molar-refractivity contribution in [3.05, 3.63) is 20.8 Å². The summed E-state index contributed by atoms with van der Waals surface area (Å²) < 4.78 is 1.33. The van der Waals surface area contributed by atoms with Crippen LogP contribution < -0.4 is 32.5 Å². The molecule has 0 aromatic carbocycles. The van der Waals surface area contributed by atoms with Gasteiger partial charge in [-0.3, -0.25) is 19.1 Å². The van der Waals surface area contributed by atoms with E-state index < -0.39 is 11.2 Å². The van der Waals surface area contributed by atoms with Gasteiger partial charge in [0.15, 0.2) is 5.69 Å². The van der Waals surface area contributed by atoms with Crippen LogP contribution in [0.1, 0.15) is 85.0 Å². The van der Waals surface area contributed by atoms with E-state index in [2.05, 4.69) is 15.6 Å². The molecule has 206 valence electrons. The van der Waals surface area contributed by atoms with Crippen molar-refractivity contribution in [1.29, 1.82) is 0 Å². The average Bonchev–Trinajstić information content (AvgIpc) is 2.79. The van der Waals surface area contributed by atoms with E-state index in [-0.39, 0.29) is 41.9 Å². The quantitative estimate of drug-likeness (QED) is 0.358. The first-order valence-electron chi connectivity index (χ1n) is 14.1. The number of H-pyrrole nitrogens is 1. The molecular formula is C27H44N6O4. The first-order chi connectivity index (χ1) is 17.6. The summed E-state index contributed by atoms with van der Waals surface area (Å²) in [5.41, 5.74) is 4.96. The van der Waals surface area contributed by atoms with Gasteiger partial charge in [0.2, 0.25) is 5.91 Å². The van der Waals surface area contributed by atoms with Gasteiger partial charge >= 0.3 is 11.7 Å². The van der Waals surface area contributed by atoms with Gasteiger partial charge in [-0.25, -0.2) is 9.59 Å². The summed E-state index contributed by atoms with van der Waals surface area (Å²) in [6.07, 6.45) is 9.36. The fraction of sp³-hybridized carbons (Fsp3) is 0.778. The molecule has 0 radical (unpaired) electrons. The zero-order chi connectivity index (χ0) is 26.7. The van der Waals surface area contributed by atoms with Crippen molar-refractivity contribution in [3.63, 3.8) is 0 Å². The highest BCUT2D eigenvalue weighted by Gasteiger charge is 2.51. The van der Waals surface area contributed by atoms with Gasteiger partial charge < -0.3 is 21.3 Å². The number of amides is 3. The fourth-order valence-corrected chi connectivity index (χ4v) is 7.09. The third-order valence-corrected chi connectivity index (χ3v) is 8.49. The Balaban J connectivity index is 1.41. The molecule has 1 aromatic rings. The first kappa shape index (κ1) is 27.3. The Bertz CT molecular complexity index is 1070. The van der Waals surface area contributed by atoms with Crippen LogP contribution in [0.2, 0.25) is 0 Å². The van der Waals surface area contributed by atoms with Gasteiger partial charge in [0.25, 0.3) is 5.56 Å². The Kier molecular flexibility index (Phi) is 8.33. The Labute approximate surface area is 218 Å². The minimum atomic E-state index is -0.667. The topological polar surface area (TPSA) is 142 Å². The van der Waals surface area contributed by atoms with Crippen LogP contribution in [0.5, 0.6) is 0 Å². The molecule has 4 saturated carbocycles. The van der Waals surface area contributed by atoms with Crippen LogP contribution in [0.25, 0.3) is 0 Å². The van der Waals surface area contributed by atoms with Gasteiger partial charge in [-0.05, 0) is 75.0 Å². The van der Waals surface area contributed by atoms with Crippen LogP contribution in [0.4, 0.5) is 16.3 Å². The summed E-state index contributed by atoms with van der Waals surface area (Å²) in [6.45, 7) is 6.89. The molecule has 37 heavy (non-hydrogen) atoms. The van der Waals surface area contributed by atoms with Crippen LogP contribution in [0.15, 0.2) is 9.59 Å². The number of unbranched alkanes of at least 4 members (excludes halogenated alkanes) is 1. The summed E-state index contributed by atoms with van der Waals surface area (Å²) >= 11 is 0. The van der Waals surface area contributed by atoms with Crippen LogP contribution in [0.3, 0.4) is 0 Å². The highest BCUT2D eigenvalue weighted by molar-refractivity contribution is 5.95. The number of carbonyl (C=O) groups excluding carboxylic acids is 2. The second-order valence-electron chi connectivity index (χ2n) is 12.1. The summed E-state index contributed by atoms with van der Waals surface area (Å²) in [5, 5.41) is 6.13. The molecule has 0 unspecified atom stereocenters. The number of carbonyl (C=O) groups is 2. The maximum Gasteiger partial charge on any atom is 0.330 e. The lowest BCUT2D eigenvalue weighted by molar-refractivity contribution is -0.118. The third-order valence-electron chi connectivity index (χ3n) is 8.49. The van der Waals surface area contributed by atoms with E-state index >= 15 is 0 Å². The smallest absolute Gasteiger partial charge is 0.330 e. The van der Waals surface area contributed by atoms with E-state index in [1.165, 1.54) is 28.7 Å². The van der Waals surface area contributed by atoms with Crippen molar-refractivity contribution < 1.29 is 9.59 Å². The number of hydrogen-bond acceptors (Lipinski definition) is 5. The number of nitrogens with two attached hydrogens (primary N) is 1. The molecule has 0 saturated heterocycles. The maximum atomic E-state index is 13.3. The molecule has 10 nitrogen and oxygen atoms in total. The van der Waals surface area contributed by atoms with Crippen LogP contribution >= 0.6 is 0 Å². The molecule has 4 aliphatic carbocycles. The lowest BCUT2D eigenvalue weighted by atomic mass is 9.53. The minimum Gasteiger partial charge on any atom is -0.383 e. The van der Waals surface area contributed by atoms with Gasteiger partial charge in [-0.15, -0.1) is 0 Å². The Morgan fingerprint density at radius 2 is 1.76 bits per heavy atom. The molecular weight excluding hydrogens is 472 g/mol. The Morgan fingerprint density at radius 1 is 1.14 bits per heavy atom. The monoisotopic (exact) mass is 516 g/mol. The van der Waals surface area contributed by atoms with Crippen LogP contribution in [0, 0.1) is 23.7 Å². The Morgan fingerprint density at radius 3 is 2.32 bits per heavy atom. The van der Waals surface area contributed by atoms with E-state index in [0.29, 0.717) is 25.4 Å². The van der Waals surface area contributed by atoms with Gasteiger partial charge in [0.1, 0.15) is 5.82 Å². The van der Waals surface area contributed by atoms with Crippen LogP contribution in [-0.2, 0) is 11.3 Å². The van der Waals surface area contributed by atoms with Crippen molar-refractivity contribution >= 4 is 23.4 Å². The van der Waals surface area contributed by atoms with Crippen molar-refractivity contribution in [3.8, 4) is 0 Å². The van der Waals surface area contributed by atoms with Crippen molar-refractivity contribution in [2.45, 2.75) is 97.1 Å². The fourth-order valence-electron chi connectivity index (χ4n) is 7.09. The zero-order valence-electron chi connectivity index (χ0n) is 22.6. The van der Waals surface area contributed by atoms with E-state index in [0.717, 1.165) is 49.9 Å². The molecule has 4 aliphatic rings. The number of nitrogens with one attached hydrogen (secondary N) is 3. The number of rotatable bonds is 11. The molecule has 1 aromatic heterocycles. The maximum absolute atomic E-state index is 13.3. The number of anilines is 2. The normalized spacial score (nSPS) is 25.9. The van der Waals surface area contributed by atoms with Crippen molar-refractivity contribution in [2.75, 3.05) is 23.7 Å². The SMILES string of the molecule is CCCCn1c(N)c(N(CCC(C)C)C(=O)CCNC(=O)NC23CC4CC(CC(C4)C2)C3)c(=O)[nH]c1=O. The van der Waals surface area contributed by atoms with Crippen molar-refractivity contribution in [1.82, 2.24) is 20.2 Å². The number of aromatic amines is 1. The van der Waals surface area contributed by atoms with Gasteiger partial charge in [-0.1, -0.05) is 27.2 Å². The second-order valence-corrected chi connectivity index (χ2v) is 12.1. The largest absolute Gasteiger partial charge is 0.383 e. The van der Waals surface area contributed by atoms with Gasteiger partial charge in [-0.2, -0.15) is 0 Å². The standard InChI is InChI=1S/C27H44N6O4/c1-4-5-9-33-23(28)22(24(35)30-26(33)37)32(10-7-17(2)3)21(34)6-8-29-25(36)31-27-14-18-11-19(15-27)13-20(12-18)16-27/h17-20H,4-16,28H2,1-3H3,(H2,29,31,36)(H,30,35,37). The molecule has 5 N–H and O–H groups in total. The van der Waals surface area contributed by atoms with Gasteiger partial charge in [0, 0.05) is 31.6 Å². The van der Waals surface area contributed by atoms with E-state index in [1.54, 1.807) is 0 Å². The van der Waals surface area contributed by atoms with Crippen LogP contribution in [-0.4, -0.2) is 40.1 Å². The first-order valence-corrected chi connectivity index (χ1v) is 14.1. The molecule has 0 atom stereocenters. The number of urea groups is 1. The molecule has 4 bridgehead atoms. The summed E-state index contributed by atoms with van der Waals surface area (Å²) in [6, 6.07) is -0.228. The summed E-state index contributed by atoms with van der Waals surface area (Å²) in [4.78, 5) is 55.0. The zero-order valence-corrected chi connectivity index (χ0v) is 22.6.